The first-order valence-corrected chi connectivity index (χ1v) is 7.47. The van der Waals surface area contributed by atoms with Crippen LogP contribution in [0.5, 0.6) is 5.75 Å². The van der Waals surface area contributed by atoms with Gasteiger partial charge >= 0.3 is 0 Å². The Bertz CT molecular complexity index is 494. The maximum atomic E-state index is 12.6. The molecule has 1 heterocycles. The summed E-state index contributed by atoms with van der Waals surface area (Å²) in [6.07, 6.45) is 0.360. The van der Waals surface area contributed by atoms with Crippen molar-refractivity contribution in [1.82, 2.24) is 4.90 Å². The van der Waals surface area contributed by atoms with E-state index in [9.17, 15) is 4.79 Å². The smallest absolute Gasteiger partial charge is 0.177 e. The molecular weight excluding hydrogens is 266 g/mol. The minimum atomic E-state index is 0.175. The predicted molar refractivity (Wildman–Crippen MR) is 83.2 cm³/mol. The Hall–Kier alpha value is -1.39. The molecule has 0 aliphatic carbocycles. The summed E-state index contributed by atoms with van der Waals surface area (Å²) in [6, 6.07) is 3.84. The van der Waals surface area contributed by atoms with Crippen molar-refractivity contribution in [3.63, 3.8) is 0 Å². The molecule has 1 aliphatic heterocycles. The zero-order valence-corrected chi connectivity index (χ0v) is 13.6. The van der Waals surface area contributed by atoms with Gasteiger partial charge in [-0.05, 0) is 51.0 Å². The summed E-state index contributed by atoms with van der Waals surface area (Å²) in [4.78, 5) is 14.8. The van der Waals surface area contributed by atoms with E-state index in [1.165, 1.54) is 0 Å². The van der Waals surface area contributed by atoms with Crippen molar-refractivity contribution in [3.05, 3.63) is 28.8 Å². The number of Topliss-reactive ketones (excluding diaryl/α,β-unsaturated/α-hetero) is 1. The fourth-order valence-electron chi connectivity index (χ4n) is 3.18. The van der Waals surface area contributed by atoms with E-state index in [1.54, 1.807) is 7.11 Å². The summed E-state index contributed by atoms with van der Waals surface area (Å²) in [6.45, 7) is 10.1. The second-order valence-electron chi connectivity index (χ2n) is 6.01. The average molecular weight is 291 g/mol. The second kappa shape index (κ2) is 6.58. The molecule has 21 heavy (non-hydrogen) atoms. The summed E-state index contributed by atoms with van der Waals surface area (Å²) in [5, 5.41) is 0. The number of methoxy groups -OCH3 is 1. The van der Waals surface area contributed by atoms with E-state index in [4.69, 9.17) is 9.47 Å². The number of aryl methyl sites for hydroxylation is 2. The molecule has 2 rings (SSSR count). The maximum absolute atomic E-state index is 12.6. The van der Waals surface area contributed by atoms with Gasteiger partial charge in [-0.1, -0.05) is 0 Å². The van der Waals surface area contributed by atoms with Crippen LogP contribution in [0, 0.1) is 13.8 Å². The SMILES string of the molecule is COc1cc(C)c(C(=O)CN2CC(C)OC(C)C2)c(C)c1. The van der Waals surface area contributed by atoms with Crippen LogP contribution >= 0.6 is 0 Å². The second-order valence-corrected chi connectivity index (χ2v) is 6.01. The topological polar surface area (TPSA) is 38.8 Å². The van der Waals surface area contributed by atoms with Crippen molar-refractivity contribution in [2.45, 2.75) is 39.9 Å². The number of nitrogens with zero attached hydrogens (tertiary/aromatic N) is 1. The van der Waals surface area contributed by atoms with Gasteiger partial charge in [-0.15, -0.1) is 0 Å². The first-order valence-electron chi connectivity index (χ1n) is 7.47. The van der Waals surface area contributed by atoms with Crippen molar-refractivity contribution >= 4 is 5.78 Å². The van der Waals surface area contributed by atoms with Crippen molar-refractivity contribution in [1.29, 1.82) is 0 Å². The number of hydrogen-bond acceptors (Lipinski definition) is 4. The van der Waals surface area contributed by atoms with E-state index in [0.717, 1.165) is 35.5 Å². The molecule has 4 nitrogen and oxygen atoms in total. The van der Waals surface area contributed by atoms with E-state index < -0.39 is 0 Å². The monoisotopic (exact) mass is 291 g/mol. The number of rotatable bonds is 4. The van der Waals surface area contributed by atoms with Gasteiger partial charge in [-0.2, -0.15) is 0 Å². The lowest BCUT2D eigenvalue weighted by atomic mass is 9.98. The standard InChI is InChI=1S/C17H25NO3/c1-11-6-15(20-5)7-12(2)17(11)16(19)10-18-8-13(3)21-14(4)9-18/h6-7,13-14H,8-10H2,1-5H3. The normalized spacial score (nSPS) is 23.1. The third-order valence-electron chi connectivity index (χ3n) is 3.88. The predicted octanol–water partition coefficient (Wildman–Crippen LogP) is 2.60. The maximum Gasteiger partial charge on any atom is 0.177 e. The number of benzene rings is 1. The van der Waals surface area contributed by atoms with Crippen molar-refractivity contribution in [2.24, 2.45) is 0 Å². The van der Waals surface area contributed by atoms with Crippen LogP contribution in [-0.2, 0) is 4.74 Å². The molecule has 1 aliphatic rings. The Kier molecular flexibility index (Phi) is 5.01. The average Bonchev–Trinajstić information content (AvgIpc) is 2.36. The van der Waals surface area contributed by atoms with Crippen LogP contribution in [0.3, 0.4) is 0 Å². The van der Waals surface area contributed by atoms with Crippen LogP contribution in [0.2, 0.25) is 0 Å². The van der Waals surface area contributed by atoms with Crippen LogP contribution in [0.1, 0.15) is 35.3 Å². The molecule has 1 aromatic rings. The highest BCUT2D eigenvalue weighted by Crippen LogP contribution is 2.23. The molecule has 2 unspecified atom stereocenters. The van der Waals surface area contributed by atoms with Gasteiger partial charge in [-0.25, -0.2) is 0 Å². The number of carbonyl (C=O) groups is 1. The summed E-state index contributed by atoms with van der Waals surface area (Å²) in [5.41, 5.74) is 2.78. The summed E-state index contributed by atoms with van der Waals surface area (Å²) >= 11 is 0. The highest BCUT2D eigenvalue weighted by molar-refractivity contribution is 6.00. The van der Waals surface area contributed by atoms with E-state index in [-0.39, 0.29) is 18.0 Å². The quantitative estimate of drug-likeness (QED) is 0.799. The summed E-state index contributed by atoms with van der Waals surface area (Å²) in [5.74, 6) is 0.976. The Labute approximate surface area is 127 Å². The Balaban J connectivity index is 2.13. The van der Waals surface area contributed by atoms with Gasteiger partial charge in [0.1, 0.15) is 5.75 Å². The number of morpholine rings is 1. The molecule has 0 aromatic heterocycles. The molecule has 2 atom stereocenters. The van der Waals surface area contributed by atoms with E-state index in [0.29, 0.717) is 6.54 Å². The molecule has 0 spiro atoms. The zero-order valence-electron chi connectivity index (χ0n) is 13.6. The first-order chi connectivity index (χ1) is 9.90. The number of hydrogen-bond donors (Lipinski definition) is 0. The Morgan fingerprint density at radius 3 is 2.24 bits per heavy atom. The molecular formula is C17H25NO3. The van der Waals surface area contributed by atoms with E-state index >= 15 is 0 Å². The molecule has 1 saturated heterocycles. The van der Waals surface area contributed by atoms with Crippen molar-refractivity contribution in [3.8, 4) is 5.75 Å². The molecule has 0 bridgehead atoms. The highest BCUT2D eigenvalue weighted by Gasteiger charge is 2.25. The molecule has 0 radical (unpaired) electrons. The first kappa shape index (κ1) is 16.0. The third-order valence-corrected chi connectivity index (χ3v) is 3.88. The molecule has 1 aromatic carbocycles. The minimum Gasteiger partial charge on any atom is -0.497 e. The van der Waals surface area contributed by atoms with Crippen LogP contribution in [0.15, 0.2) is 12.1 Å². The zero-order chi connectivity index (χ0) is 15.6. The van der Waals surface area contributed by atoms with E-state index in [2.05, 4.69) is 18.7 Å². The molecule has 1 fully saturated rings. The van der Waals surface area contributed by atoms with Crippen LogP contribution in [-0.4, -0.2) is 49.6 Å². The van der Waals surface area contributed by atoms with Gasteiger partial charge in [0.2, 0.25) is 0 Å². The van der Waals surface area contributed by atoms with Gasteiger partial charge in [0.15, 0.2) is 5.78 Å². The van der Waals surface area contributed by atoms with Gasteiger partial charge in [0.25, 0.3) is 0 Å². The molecule has 4 heteroatoms. The number of ketones is 1. The molecule has 116 valence electrons. The lowest BCUT2D eigenvalue weighted by Crippen LogP contribution is -2.47. The summed E-state index contributed by atoms with van der Waals surface area (Å²) < 4.78 is 11.0. The van der Waals surface area contributed by atoms with E-state index in [1.807, 2.05) is 26.0 Å². The van der Waals surface area contributed by atoms with Gasteiger partial charge in [0, 0.05) is 18.7 Å². The van der Waals surface area contributed by atoms with Gasteiger partial charge in [0.05, 0.1) is 25.9 Å². The van der Waals surface area contributed by atoms with Crippen LogP contribution < -0.4 is 4.74 Å². The van der Waals surface area contributed by atoms with Crippen LogP contribution in [0.4, 0.5) is 0 Å². The fraction of sp³-hybridized carbons (Fsp3) is 0.588. The lowest BCUT2D eigenvalue weighted by molar-refractivity contribution is -0.0652. The fourth-order valence-corrected chi connectivity index (χ4v) is 3.18. The summed E-state index contributed by atoms with van der Waals surface area (Å²) in [7, 11) is 1.65. The van der Waals surface area contributed by atoms with Gasteiger partial charge in [-0.3, -0.25) is 9.69 Å². The van der Waals surface area contributed by atoms with Crippen LogP contribution in [0.25, 0.3) is 0 Å². The Morgan fingerprint density at radius 2 is 1.76 bits per heavy atom. The van der Waals surface area contributed by atoms with Crippen molar-refractivity contribution in [2.75, 3.05) is 26.7 Å². The number of ether oxygens (including phenoxy) is 2. The Morgan fingerprint density at radius 1 is 1.24 bits per heavy atom. The molecule has 0 saturated carbocycles. The van der Waals surface area contributed by atoms with Gasteiger partial charge < -0.3 is 9.47 Å². The molecule has 0 N–H and O–H groups in total. The highest BCUT2D eigenvalue weighted by atomic mass is 16.5. The largest absolute Gasteiger partial charge is 0.497 e. The van der Waals surface area contributed by atoms with Crippen molar-refractivity contribution < 1.29 is 14.3 Å². The number of carbonyl (C=O) groups excluding carboxylic acids is 1. The molecule has 0 amide bonds. The minimum absolute atomic E-state index is 0.175. The lowest BCUT2D eigenvalue weighted by Gasteiger charge is -2.35. The third kappa shape index (κ3) is 3.83.